The fourth-order valence-electron chi connectivity index (χ4n) is 2.85. The molecular weight excluding hydrogens is 238 g/mol. The van der Waals surface area contributed by atoms with Crippen molar-refractivity contribution in [2.24, 2.45) is 11.7 Å². The summed E-state index contributed by atoms with van der Waals surface area (Å²) in [7, 11) is 2.10. The highest BCUT2D eigenvalue weighted by Crippen LogP contribution is 2.25. The van der Waals surface area contributed by atoms with Crippen LogP contribution < -0.4 is 11.1 Å². The van der Waals surface area contributed by atoms with Crippen molar-refractivity contribution < 1.29 is 4.79 Å². The molecular formula is C15H31N3O. The fraction of sp³-hybridized carbons (Fsp3) is 0.933. The van der Waals surface area contributed by atoms with Crippen LogP contribution in [0, 0.1) is 5.92 Å². The Morgan fingerprint density at radius 3 is 2.42 bits per heavy atom. The number of amides is 1. The predicted octanol–water partition coefficient (Wildman–Crippen LogP) is 1.74. The molecule has 3 N–H and O–H groups in total. The SMILES string of the molecule is CN(CC1CCCC1)C(CN)CC(=O)NC(C)(C)C. The summed E-state index contributed by atoms with van der Waals surface area (Å²) >= 11 is 0. The van der Waals surface area contributed by atoms with Gasteiger partial charge < -0.3 is 16.0 Å². The Kier molecular flexibility index (Phi) is 6.27. The summed E-state index contributed by atoms with van der Waals surface area (Å²) in [6.07, 6.45) is 5.87. The molecule has 1 fully saturated rings. The summed E-state index contributed by atoms with van der Waals surface area (Å²) in [5, 5.41) is 3.01. The number of carbonyl (C=O) groups excluding carboxylic acids is 1. The van der Waals surface area contributed by atoms with Crippen molar-refractivity contribution in [2.45, 2.75) is 64.5 Å². The van der Waals surface area contributed by atoms with E-state index in [1.54, 1.807) is 0 Å². The van der Waals surface area contributed by atoms with Crippen molar-refractivity contribution in [3.8, 4) is 0 Å². The van der Waals surface area contributed by atoms with Crippen LogP contribution in [0.3, 0.4) is 0 Å². The van der Waals surface area contributed by atoms with Gasteiger partial charge in [0.25, 0.3) is 0 Å². The average molecular weight is 269 g/mol. The summed E-state index contributed by atoms with van der Waals surface area (Å²) in [6.45, 7) is 7.63. The minimum atomic E-state index is -0.166. The molecule has 112 valence electrons. The quantitative estimate of drug-likeness (QED) is 0.772. The molecule has 1 amide bonds. The second-order valence-electron chi connectivity index (χ2n) is 6.98. The van der Waals surface area contributed by atoms with Crippen LogP contribution in [-0.2, 0) is 4.79 Å². The molecule has 1 aliphatic rings. The van der Waals surface area contributed by atoms with E-state index in [9.17, 15) is 4.79 Å². The largest absolute Gasteiger partial charge is 0.351 e. The van der Waals surface area contributed by atoms with Crippen LogP contribution in [0.15, 0.2) is 0 Å². The van der Waals surface area contributed by atoms with Gasteiger partial charge in [-0.3, -0.25) is 4.79 Å². The molecule has 1 aliphatic carbocycles. The zero-order valence-corrected chi connectivity index (χ0v) is 13.0. The zero-order valence-electron chi connectivity index (χ0n) is 13.0. The minimum Gasteiger partial charge on any atom is -0.351 e. The summed E-state index contributed by atoms with van der Waals surface area (Å²) in [6, 6.07) is 0.156. The molecule has 0 aromatic rings. The van der Waals surface area contributed by atoms with Gasteiger partial charge in [-0.25, -0.2) is 0 Å². The topological polar surface area (TPSA) is 58.4 Å². The number of nitrogens with zero attached hydrogens (tertiary/aromatic N) is 1. The van der Waals surface area contributed by atoms with Gasteiger partial charge in [-0.1, -0.05) is 12.8 Å². The fourth-order valence-corrected chi connectivity index (χ4v) is 2.85. The Labute approximate surface area is 118 Å². The molecule has 0 heterocycles. The number of carbonyl (C=O) groups is 1. The third-order valence-corrected chi connectivity index (χ3v) is 3.85. The molecule has 1 saturated carbocycles. The first-order valence-electron chi connectivity index (χ1n) is 7.53. The van der Waals surface area contributed by atoms with E-state index in [2.05, 4.69) is 17.3 Å². The smallest absolute Gasteiger partial charge is 0.222 e. The van der Waals surface area contributed by atoms with Crippen molar-refractivity contribution in [3.05, 3.63) is 0 Å². The van der Waals surface area contributed by atoms with Crippen molar-refractivity contribution in [1.82, 2.24) is 10.2 Å². The summed E-state index contributed by atoms with van der Waals surface area (Å²) in [4.78, 5) is 14.3. The van der Waals surface area contributed by atoms with E-state index in [1.807, 2.05) is 20.8 Å². The summed E-state index contributed by atoms with van der Waals surface area (Å²) in [5.41, 5.74) is 5.67. The molecule has 0 bridgehead atoms. The van der Waals surface area contributed by atoms with Gasteiger partial charge in [0, 0.05) is 31.1 Å². The van der Waals surface area contributed by atoms with Gasteiger partial charge in [0.05, 0.1) is 0 Å². The van der Waals surface area contributed by atoms with Gasteiger partial charge in [0.2, 0.25) is 5.91 Å². The van der Waals surface area contributed by atoms with Crippen LogP contribution in [0.2, 0.25) is 0 Å². The van der Waals surface area contributed by atoms with E-state index < -0.39 is 0 Å². The minimum absolute atomic E-state index is 0.0984. The molecule has 0 aromatic heterocycles. The molecule has 19 heavy (non-hydrogen) atoms. The Hall–Kier alpha value is -0.610. The average Bonchev–Trinajstić information content (AvgIpc) is 2.75. The molecule has 0 saturated heterocycles. The highest BCUT2D eigenvalue weighted by atomic mass is 16.1. The first-order chi connectivity index (χ1) is 8.81. The number of rotatable bonds is 6. The monoisotopic (exact) mass is 269 g/mol. The van der Waals surface area contributed by atoms with E-state index in [4.69, 9.17) is 5.73 Å². The number of likely N-dealkylation sites (N-methyl/N-ethyl adjacent to an activating group) is 1. The van der Waals surface area contributed by atoms with Gasteiger partial charge in [-0.15, -0.1) is 0 Å². The van der Waals surface area contributed by atoms with E-state index in [1.165, 1.54) is 25.7 Å². The van der Waals surface area contributed by atoms with Crippen molar-refractivity contribution in [2.75, 3.05) is 20.1 Å². The van der Waals surface area contributed by atoms with E-state index in [0.29, 0.717) is 13.0 Å². The van der Waals surface area contributed by atoms with Crippen molar-refractivity contribution >= 4 is 5.91 Å². The molecule has 4 nitrogen and oxygen atoms in total. The molecule has 1 unspecified atom stereocenters. The van der Waals surface area contributed by atoms with Crippen LogP contribution in [0.5, 0.6) is 0 Å². The van der Waals surface area contributed by atoms with Gasteiger partial charge >= 0.3 is 0 Å². The van der Waals surface area contributed by atoms with Crippen LogP contribution in [0.1, 0.15) is 52.9 Å². The van der Waals surface area contributed by atoms with Crippen LogP contribution in [0.25, 0.3) is 0 Å². The maximum Gasteiger partial charge on any atom is 0.222 e. The Balaban J connectivity index is 2.40. The molecule has 0 aromatic carbocycles. The lowest BCUT2D eigenvalue weighted by molar-refractivity contribution is -0.123. The van der Waals surface area contributed by atoms with Gasteiger partial charge in [0.15, 0.2) is 0 Å². The van der Waals surface area contributed by atoms with E-state index in [0.717, 1.165) is 12.5 Å². The molecule has 4 heteroatoms. The van der Waals surface area contributed by atoms with Gasteiger partial charge in [-0.2, -0.15) is 0 Å². The Bertz CT molecular complexity index is 280. The molecule has 1 rings (SSSR count). The maximum atomic E-state index is 12.0. The number of nitrogens with one attached hydrogen (secondary N) is 1. The third-order valence-electron chi connectivity index (χ3n) is 3.85. The maximum absolute atomic E-state index is 12.0. The van der Waals surface area contributed by atoms with Crippen molar-refractivity contribution in [3.63, 3.8) is 0 Å². The molecule has 0 spiro atoms. The molecule has 0 aliphatic heterocycles. The highest BCUT2D eigenvalue weighted by molar-refractivity contribution is 5.77. The molecule has 0 radical (unpaired) electrons. The van der Waals surface area contributed by atoms with Crippen LogP contribution >= 0.6 is 0 Å². The summed E-state index contributed by atoms with van der Waals surface area (Å²) in [5.74, 6) is 0.894. The van der Waals surface area contributed by atoms with E-state index >= 15 is 0 Å². The first-order valence-corrected chi connectivity index (χ1v) is 7.53. The van der Waals surface area contributed by atoms with Gasteiger partial charge in [0.1, 0.15) is 0 Å². The normalized spacial score (nSPS) is 18.8. The lowest BCUT2D eigenvalue weighted by atomic mass is 10.0. The zero-order chi connectivity index (χ0) is 14.5. The Morgan fingerprint density at radius 1 is 1.37 bits per heavy atom. The first kappa shape index (κ1) is 16.4. The molecule has 1 atom stereocenters. The predicted molar refractivity (Wildman–Crippen MR) is 79.9 cm³/mol. The third kappa shape index (κ3) is 6.39. The lowest BCUT2D eigenvalue weighted by Crippen LogP contribution is -2.47. The number of hydrogen-bond acceptors (Lipinski definition) is 3. The van der Waals surface area contributed by atoms with Crippen LogP contribution in [-0.4, -0.2) is 42.5 Å². The lowest BCUT2D eigenvalue weighted by Gasteiger charge is -2.30. The summed E-state index contributed by atoms with van der Waals surface area (Å²) < 4.78 is 0. The van der Waals surface area contributed by atoms with Crippen molar-refractivity contribution in [1.29, 1.82) is 0 Å². The standard InChI is InChI=1S/C15H31N3O/c1-15(2,3)17-14(19)9-13(10-16)18(4)11-12-7-5-6-8-12/h12-13H,5-11,16H2,1-4H3,(H,17,19). The number of nitrogens with two attached hydrogens (primary N) is 1. The second kappa shape index (κ2) is 7.25. The van der Waals surface area contributed by atoms with Gasteiger partial charge in [-0.05, 0) is 46.6 Å². The Morgan fingerprint density at radius 2 is 1.95 bits per heavy atom. The second-order valence-corrected chi connectivity index (χ2v) is 6.98. The van der Waals surface area contributed by atoms with E-state index in [-0.39, 0.29) is 17.5 Å². The number of hydrogen-bond donors (Lipinski definition) is 2. The highest BCUT2D eigenvalue weighted by Gasteiger charge is 2.23. The van der Waals surface area contributed by atoms with Crippen LogP contribution in [0.4, 0.5) is 0 Å².